The summed E-state index contributed by atoms with van der Waals surface area (Å²) in [5, 5.41) is 7.31. The van der Waals surface area contributed by atoms with E-state index >= 15 is 0 Å². The molecule has 52 valence electrons. The van der Waals surface area contributed by atoms with Crippen LogP contribution in [0, 0.1) is 11.3 Å². The van der Waals surface area contributed by atoms with Crippen molar-refractivity contribution in [2.45, 2.75) is 20.3 Å². The van der Waals surface area contributed by atoms with Crippen molar-refractivity contribution in [2.75, 3.05) is 13.1 Å². The van der Waals surface area contributed by atoms with Crippen LogP contribution in [-0.4, -0.2) is 23.8 Å². The van der Waals surface area contributed by atoms with Gasteiger partial charge in [-0.3, -0.25) is 5.41 Å². The van der Waals surface area contributed by atoms with Gasteiger partial charge in [-0.05, 0) is 19.3 Å². The van der Waals surface area contributed by atoms with Crippen molar-refractivity contribution in [1.82, 2.24) is 4.90 Å². The van der Waals surface area contributed by atoms with Gasteiger partial charge in [0.25, 0.3) is 0 Å². The van der Waals surface area contributed by atoms with Crippen LogP contribution in [0.5, 0.6) is 0 Å². The lowest BCUT2D eigenvalue weighted by Crippen LogP contribution is -2.24. The summed E-state index contributed by atoms with van der Waals surface area (Å²) in [5.74, 6) is 1.52. The maximum absolute atomic E-state index is 7.31. The van der Waals surface area contributed by atoms with Crippen LogP contribution in [0.2, 0.25) is 0 Å². The van der Waals surface area contributed by atoms with Crippen molar-refractivity contribution in [3.63, 3.8) is 0 Å². The Labute approximate surface area is 56.4 Å². The van der Waals surface area contributed by atoms with E-state index in [9.17, 15) is 0 Å². The van der Waals surface area contributed by atoms with Gasteiger partial charge in [-0.15, -0.1) is 0 Å². The second-order valence-corrected chi connectivity index (χ2v) is 2.93. The standard InChI is InChI=1S/C7H14N2/c1-6-3-4-9(5-6)7(2)8/h6,8H,3-5H2,1-2H3. The zero-order valence-electron chi connectivity index (χ0n) is 6.15. The Bertz CT molecular complexity index is 120. The van der Waals surface area contributed by atoms with Crippen LogP contribution in [0.3, 0.4) is 0 Å². The van der Waals surface area contributed by atoms with Gasteiger partial charge in [-0.2, -0.15) is 0 Å². The Hall–Kier alpha value is -0.530. The van der Waals surface area contributed by atoms with E-state index in [2.05, 4.69) is 11.8 Å². The first-order chi connectivity index (χ1) is 4.20. The minimum atomic E-state index is 0.722. The fourth-order valence-corrected chi connectivity index (χ4v) is 1.24. The highest BCUT2D eigenvalue weighted by molar-refractivity contribution is 5.76. The molecule has 9 heavy (non-hydrogen) atoms. The van der Waals surface area contributed by atoms with Crippen LogP contribution in [-0.2, 0) is 0 Å². The molecule has 0 aromatic carbocycles. The maximum Gasteiger partial charge on any atom is 0.0925 e. The quantitative estimate of drug-likeness (QED) is 0.384. The van der Waals surface area contributed by atoms with E-state index in [1.807, 2.05) is 6.92 Å². The Morgan fingerprint density at radius 3 is 2.56 bits per heavy atom. The van der Waals surface area contributed by atoms with Crippen LogP contribution in [0.25, 0.3) is 0 Å². The Balaban J connectivity index is 2.39. The second kappa shape index (κ2) is 2.38. The van der Waals surface area contributed by atoms with Crippen LogP contribution < -0.4 is 0 Å². The van der Waals surface area contributed by atoms with Gasteiger partial charge in [-0.1, -0.05) is 6.92 Å². The van der Waals surface area contributed by atoms with E-state index in [0.717, 1.165) is 24.8 Å². The normalized spacial score (nSPS) is 26.9. The molecule has 0 bridgehead atoms. The summed E-state index contributed by atoms with van der Waals surface area (Å²) in [5.41, 5.74) is 0. The van der Waals surface area contributed by atoms with Crippen molar-refractivity contribution in [3.05, 3.63) is 0 Å². The van der Waals surface area contributed by atoms with E-state index in [1.165, 1.54) is 6.42 Å². The molecule has 2 heteroatoms. The SMILES string of the molecule is CC(=N)N1CCC(C)C1. The molecule has 0 aromatic heterocycles. The lowest BCUT2D eigenvalue weighted by molar-refractivity contribution is 0.488. The van der Waals surface area contributed by atoms with Crippen molar-refractivity contribution in [1.29, 1.82) is 5.41 Å². The summed E-state index contributed by atoms with van der Waals surface area (Å²) in [7, 11) is 0. The number of nitrogens with zero attached hydrogens (tertiary/aromatic N) is 1. The molecular formula is C7H14N2. The van der Waals surface area contributed by atoms with Gasteiger partial charge in [0.15, 0.2) is 0 Å². The van der Waals surface area contributed by atoms with Crippen molar-refractivity contribution >= 4 is 5.84 Å². The number of hydrogen-bond acceptors (Lipinski definition) is 1. The molecule has 1 aliphatic heterocycles. The molecule has 1 fully saturated rings. The van der Waals surface area contributed by atoms with Crippen LogP contribution in [0.4, 0.5) is 0 Å². The molecule has 1 atom stereocenters. The van der Waals surface area contributed by atoms with Gasteiger partial charge in [0.2, 0.25) is 0 Å². The maximum atomic E-state index is 7.31. The van der Waals surface area contributed by atoms with Gasteiger partial charge in [-0.25, -0.2) is 0 Å². The average Bonchev–Trinajstić information content (AvgIpc) is 2.14. The van der Waals surface area contributed by atoms with E-state index in [-0.39, 0.29) is 0 Å². The number of nitrogens with one attached hydrogen (secondary N) is 1. The molecule has 0 amide bonds. The molecular weight excluding hydrogens is 112 g/mol. The van der Waals surface area contributed by atoms with E-state index in [0.29, 0.717) is 0 Å². The Kier molecular flexibility index (Phi) is 1.74. The minimum Gasteiger partial charge on any atom is -0.361 e. The molecule has 1 N–H and O–H groups in total. The molecule has 1 heterocycles. The zero-order chi connectivity index (χ0) is 6.85. The number of likely N-dealkylation sites (tertiary alicyclic amines) is 1. The number of amidine groups is 1. The molecule has 0 radical (unpaired) electrons. The van der Waals surface area contributed by atoms with E-state index in [4.69, 9.17) is 5.41 Å². The van der Waals surface area contributed by atoms with Gasteiger partial charge in [0.1, 0.15) is 0 Å². The van der Waals surface area contributed by atoms with Crippen molar-refractivity contribution in [2.24, 2.45) is 5.92 Å². The zero-order valence-corrected chi connectivity index (χ0v) is 6.15. The second-order valence-electron chi connectivity index (χ2n) is 2.93. The highest BCUT2D eigenvalue weighted by Crippen LogP contribution is 2.14. The topological polar surface area (TPSA) is 27.1 Å². The average molecular weight is 126 g/mol. The lowest BCUT2D eigenvalue weighted by atomic mass is 10.2. The molecule has 1 unspecified atom stereocenters. The molecule has 0 saturated carbocycles. The van der Waals surface area contributed by atoms with Crippen LogP contribution in [0.1, 0.15) is 20.3 Å². The van der Waals surface area contributed by atoms with Gasteiger partial charge < -0.3 is 4.90 Å². The molecule has 0 aromatic rings. The summed E-state index contributed by atoms with van der Waals surface area (Å²) in [6.45, 7) is 6.28. The molecule has 1 rings (SSSR count). The van der Waals surface area contributed by atoms with Crippen LogP contribution >= 0.6 is 0 Å². The third-order valence-electron chi connectivity index (χ3n) is 1.90. The Morgan fingerprint density at radius 2 is 2.33 bits per heavy atom. The smallest absolute Gasteiger partial charge is 0.0925 e. The summed E-state index contributed by atoms with van der Waals surface area (Å²) in [6, 6.07) is 0. The lowest BCUT2D eigenvalue weighted by Gasteiger charge is -2.14. The Morgan fingerprint density at radius 1 is 1.67 bits per heavy atom. The van der Waals surface area contributed by atoms with Gasteiger partial charge >= 0.3 is 0 Å². The minimum absolute atomic E-state index is 0.722. The third kappa shape index (κ3) is 1.44. The van der Waals surface area contributed by atoms with Crippen LogP contribution in [0.15, 0.2) is 0 Å². The first-order valence-corrected chi connectivity index (χ1v) is 3.50. The first-order valence-electron chi connectivity index (χ1n) is 3.50. The molecule has 1 aliphatic rings. The largest absolute Gasteiger partial charge is 0.361 e. The summed E-state index contributed by atoms with van der Waals surface area (Å²) < 4.78 is 0. The summed E-state index contributed by atoms with van der Waals surface area (Å²) in [6.07, 6.45) is 1.26. The highest BCUT2D eigenvalue weighted by Gasteiger charge is 2.17. The highest BCUT2D eigenvalue weighted by atomic mass is 15.2. The molecule has 0 aliphatic carbocycles. The van der Waals surface area contributed by atoms with Crippen molar-refractivity contribution in [3.8, 4) is 0 Å². The fourth-order valence-electron chi connectivity index (χ4n) is 1.24. The monoisotopic (exact) mass is 126 g/mol. The number of rotatable bonds is 0. The van der Waals surface area contributed by atoms with Crippen molar-refractivity contribution < 1.29 is 0 Å². The predicted octanol–water partition coefficient (Wildman–Crippen LogP) is 1.33. The fraction of sp³-hybridized carbons (Fsp3) is 0.857. The van der Waals surface area contributed by atoms with E-state index < -0.39 is 0 Å². The third-order valence-corrected chi connectivity index (χ3v) is 1.90. The molecule has 2 nitrogen and oxygen atoms in total. The number of hydrogen-bond donors (Lipinski definition) is 1. The van der Waals surface area contributed by atoms with Gasteiger partial charge in [0.05, 0.1) is 5.84 Å². The first kappa shape index (κ1) is 6.59. The van der Waals surface area contributed by atoms with Gasteiger partial charge in [0, 0.05) is 13.1 Å². The summed E-state index contributed by atoms with van der Waals surface area (Å²) >= 11 is 0. The van der Waals surface area contributed by atoms with E-state index in [1.54, 1.807) is 0 Å². The molecule has 0 spiro atoms. The summed E-state index contributed by atoms with van der Waals surface area (Å²) in [4.78, 5) is 2.13. The molecule has 1 saturated heterocycles. The predicted molar refractivity (Wildman–Crippen MR) is 38.8 cm³/mol.